The number of hydrogen-bond acceptors (Lipinski definition) is 2. The molecule has 0 amide bonds. The minimum absolute atomic E-state index is 0.0152. The molecule has 1 aromatic rings. The van der Waals surface area contributed by atoms with Crippen molar-refractivity contribution in [1.82, 2.24) is 0 Å². The molecule has 0 bridgehead atoms. The van der Waals surface area contributed by atoms with E-state index < -0.39 is 11.6 Å². The van der Waals surface area contributed by atoms with E-state index in [0.717, 1.165) is 12.1 Å². The molecule has 1 rings (SSSR count). The van der Waals surface area contributed by atoms with Gasteiger partial charge in [0.15, 0.2) is 11.6 Å². The number of nitriles is 1. The Balaban J connectivity index is 3.35. The number of rotatable bonds is 0. The van der Waals surface area contributed by atoms with E-state index in [1.807, 2.05) is 0 Å². The van der Waals surface area contributed by atoms with Gasteiger partial charge in [-0.05, 0) is 12.1 Å². The predicted octanol–water partition coefficient (Wildman–Crippen LogP) is 1.42. The number of benzene rings is 1. The molecule has 0 spiro atoms. The lowest BCUT2D eigenvalue weighted by Gasteiger charge is -1.96. The van der Waals surface area contributed by atoms with Crippen LogP contribution in [0.3, 0.4) is 0 Å². The third-order valence-electron chi connectivity index (χ3n) is 1.19. The van der Waals surface area contributed by atoms with Crippen molar-refractivity contribution in [3.63, 3.8) is 0 Å². The largest absolute Gasteiger partial charge is 0.396 e. The summed E-state index contributed by atoms with van der Waals surface area (Å²) in [7, 11) is 0. The summed E-state index contributed by atoms with van der Waals surface area (Å²) >= 11 is 0. The number of anilines is 1. The van der Waals surface area contributed by atoms with Gasteiger partial charge >= 0.3 is 0 Å². The second-order valence-corrected chi connectivity index (χ2v) is 1.97. The molecule has 11 heavy (non-hydrogen) atoms. The minimum Gasteiger partial charge on any atom is -0.396 e. The van der Waals surface area contributed by atoms with Gasteiger partial charge in [-0.2, -0.15) is 5.26 Å². The topological polar surface area (TPSA) is 49.8 Å². The monoisotopic (exact) mass is 154 g/mol. The van der Waals surface area contributed by atoms with Crippen LogP contribution < -0.4 is 5.73 Å². The van der Waals surface area contributed by atoms with Crippen LogP contribution in [0.1, 0.15) is 5.56 Å². The summed E-state index contributed by atoms with van der Waals surface area (Å²) in [6.07, 6.45) is 0. The van der Waals surface area contributed by atoms with E-state index in [9.17, 15) is 8.78 Å². The highest BCUT2D eigenvalue weighted by molar-refractivity contribution is 5.47. The summed E-state index contributed by atoms with van der Waals surface area (Å²) < 4.78 is 24.9. The van der Waals surface area contributed by atoms with Crippen LogP contribution in [0.15, 0.2) is 12.1 Å². The van der Waals surface area contributed by atoms with E-state index in [1.54, 1.807) is 6.07 Å². The molecular formula is C7H4F2N2. The third kappa shape index (κ3) is 1.27. The summed E-state index contributed by atoms with van der Waals surface area (Å²) in [4.78, 5) is 0. The van der Waals surface area contributed by atoms with Crippen molar-refractivity contribution in [2.75, 3.05) is 5.73 Å². The fourth-order valence-electron chi connectivity index (χ4n) is 0.675. The van der Waals surface area contributed by atoms with Crippen LogP contribution in [0.5, 0.6) is 0 Å². The second kappa shape index (κ2) is 2.54. The zero-order valence-corrected chi connectivity index (χ0v) is 5.44. The lowest BCUT2D eigenvalue weighted by Crippen LogP contribution is -1.95. The summed E-state index contributed by atoms with van der Waals surface area (Å²) in [5, 5.41) is 8.28. The number of nitrogen functional groups attached to an aromatic ring is 1. The van der Waals surface area contributed by atoms with Gasteiger partial charge in [-0.25, -0.2) is 8.78 Å². The van der Waals surface area contributed by atoms with Gasteiger partial charge in [0.05, 0.1) is 17.3 Å². The van der Waals surface area contributed by atoms with Gasteiger partial charge in [0, 0.05) is 0 Å². The minimum atomic E-state index is -1.11. The van der Waals surface area contributed by atoms with Gasteiger partial charge in [-0.1, -0.05) is 0 Å². The van der Waals surface area contributed by atoms with Gasteiger partial charge in [-0.3, -0.25) is 0 Å². The van der Waals surface area contributed by atoms with Crippen LogP contribution in [0.2, 0.25) is 0 Å². The molecule has 0 aliphatic heterocycles. The zero-order chi connectivity index (χ0) is 8.43. The number of nitrogens with zero attached hydrogens (tertiary/aromatic N) is 1. The SMILES string of the molecule is N#Cc1cc(N)c(F)c(F)c1. The molecule has 0 saturated heterocycles. The van der Waals surface area contributed by atoms with Gasteiger partial charge in [-0.15, -0.1) is 0 Å². The molecule has 2 N–H and O–H groups in total. The van der Waals surface area contributed by atoms with Crippen LogP contribution in [0.25, 0.3) is 0 Å². The Hall–Kier alpha value is -1.63. The van der Waals surface area contributed by atoms with Crippen molar-refractivity contribution in [3.05, 3.63) is 29.3 Å². The predicted molar refractivity (Wildman–Crippen MR) is 35.5 cm³/mol. The molecule has 0 saturated carbocycles. The summed E-state index contributed by atoms with van der Waals surface area (Å²) in [5.74, 6) is -2.20. The smallest absolute Gasteiger partial charge is 0.181 e. The molecule has 0 unspecified atom stereocenters. The van der Waals surface area contributed by atoms with Crippen molar-refractivity contribution < 1.29 is 8.78 Å². The maximum absolute atomic E-state index is 12.4. The Morgan fingerprint density at radius 3 is 2.45 bits per heavy atom. The van der Waals surface area contributed by atoms with E-state index in [1.165, 1.54) is 0 Å². The molecule has 0 fully saturated rings. The molecule has 0 aliphatic carbocycles. The Kier molecular flexibility index (Phi) is 1.73. The second-order valence-electron chi connectivity index (χ2n) is 1.97. The van der Waals surface area contributed by atoms with Gasteiger partial charge < -0.3 is 5.73 Å². The summed E-state index contributed by atoms with van der Waals surface area (Å²) in [5.41, 5.74) is 4.70. The lowest BCUT2D eigenvalue weighted by molar-refractivity contribution is 0.512. The van der Waals surface area contributed by atoms with Crippen LogP contribution in [-0.2, 0) is 0 Å². The first kappa shape index (κ1) is 7.48. The van der Waals surface area contributed by atoms with Crippen molar-refractivity contribution in [1.29, 1.82) is 5.26 Å². The average Bonchev–Trinajstić information content (AvgIpc) is 1.99. The summed E-state index contributed by atoms with van der Waals surface area (Å²) in [6, 6.07) is 3.53. The van der Waals surface area contributed by atoms with Crippen LogP contribution in [0, 0.1) is 23.0 Å². The van der Waals surface area contributed by atoms with Crippen LogP contribution in [-0.4, -0.2) is 0 Å². The molecule has 56 valence electrons. The molecule has 0 aromatic heterocycles. The number of hydrogen-bond donors (Lipinski definition) is 1. The summed E-state index contributed by atoms with van der Waals surface area (Å²) in [6.45, 7) is 0. The Bertz CT molecular complexity index is 305. The van der Waals surface area contributed by atoms with Gasteiger partial charge in [0.25, 0.3) is 0 Å². The van der Waals surface area contributed by atoms with Crippen LogP contribution >= 0.6 is 0 Å². The Labute approximate surface area is 61.9 Å². The van der Waals surface area contributed by atoms with Gasteiger partial charge in [0.2, 0.25) is 0 Å². The molecule has 1 aromatic carbocycles. The molecule has 0 atom stereocenters. The van der Waals surface area contributed by atoms with E-state index in [2.05, 4.69) is 0 Å². The number of halogens is 2. The number of nitrogens with two attached hydrogens (primary N) is 1. The van der Waals surface area contributed by atoms with E-state index >= 15 is 0 Å². The van der Waals surface area contributed by atoms with Crippen LogP contribution in [0.4, 0.5) is 14.5 Å². The quantitative estimate of drug-likeness (QED) is 0.574. The van der Waals surface area contributed by atoms with E-state index in [0.29, 0.717) is 0 Å². The molecule has 4 heteroatoms. The Morgan fingerprint density at radius 2 is 2.00 bits per heavy atom. The Morgan fingerprint density at radius 1 is 1.36 bits per heavy atom. The maximum atomic E-state index is 12.4. The van der Waals surface area contributed by atoms with Gasteiger partial charge in [0.1, 0.15) is 0 Å². The fourth-order valence-corrected chi connectivity index (χ4v) is 0.675. The third-order valence-corrected chi connectivity index (χ3v) is 1.19. The van der Waals surface area contributed by atoms with Crippen molar-refractivity contribution in [2.45, 2.75) is 0 Å². The van der Waals surface area contributed by atoms with E-state index in [4.69, 9.17) is 11.0 Å². The highest BCUT2D eigenvalue weighted by Gasteiger charge is 2.06. The molecule has 0 heterocycles. The fraction of sp³-hybridized carbons (Fsp3) is 0. The maximum Gasteiger partial charge on any atom is 0.181 e. The highest BCUT2D eigenvalue weighted by Crippen LogP contribution is 2.15. The average molecular weight is 154 g/mol. The van der Waals surface area contributed by atoms with Crippen molar-refractivity contribution >= 4 is 5.69 Å². The lowest BCUT2D eigenvalue weighted by atomic mass is 10.2. The molecule has 0 aliphatic rings. The first-order valence-electron chi connectivity index (χ1n) is 2.79. The van der Waals surface area contributed by atoms with Crippen molar-refractivity contribution in [2.24, 2.45) is 0 Å². The zero-order valence-electron chi connectivity index (χ0n) is 5.44. The molecular weight excluding hydrogens is 150 g/mol. The first-order valence-corrected chi connectivity index (χ1v) is 2.79. The first-order chi connectivity index (χ1) is 5.15. The van der Waals surface area contributed by atoms with Crippen molar-refractivity contribution in [3.8, 4) is 6.07 Å². The van der Waals surface area contributed by atoms with E-state index in [-0.39, 0.29) is 11.3 Å². The molecule has 0 radical (unpaired) electrons. The highest BCUT2D eigenvalue weighted by atomic mass is 19.2. The molecule has 2 nitrogen and oxygen atoms in total. The standard InChI is InChI=1S/C7H4F2N2/c8-5-1-4(3-10)2-6(11)7(5)9/h1-2H,11H2. The normalized spacial score (nSPS) is 9.18.